The number of rotatable bonds is 4. The van der Waals surface area contributed by atoms with Gasteiger partial charge >= 0.3 is 0 Å². The Morgan fingerprint density at radius 3 is 2.65 bits per heavy atom. The number of aromatic nitrogens is 3. The van der Waals surface area contributed by atoms with E-state index in [1.165, 1.54) is 0 Å². The van der Waals surface area contributed by atoms with Gasteiger partial charge in [-0.15, -0.1) is 5.10 Å². The average Bonchev–Trinajstić information content (AvgIpc) is 3.14. The van der Waals surface area contributed by atoms with Gasteiger partial charge in [0.2, 0.25) is 5.91 Å². The molecule has 1 saturated carbocycles. The number of piperidine rings is 1. The van der Waals surface area contributed by atoms with Crippen LogP contribution in [0.25, 0.3) is 5.69 Å². The number of hydrogen-bond donors (Lipinski definition) is 0. The van der Waals surface area contributed by atoms with Gasteiger partial charge in [0.15, 0.2) is 0 Å². The Labute approximate surface area is 154 Å². The molecule has 26 heavy (non-hydrogen) atoms. The molecule has 2 fully saturated rings. The second-order valence-electron chi connectivity index (χ2n) is 8.27. The lowest BCUT2D eigenvalue weighted by Crippen LogP contribution is -2.60. The number of carbonyl (C=O) groups excluding carboxylic acids is 1. The van der Waals surface area contributed by atoms with Crippen LogP contribution in [0.1, 0.15) is 45.7 Å². The molecule has 6 heteroatoms. The molecule has 2 aromatic rings. The SMILES string of the molecule is COc1ccc(-n2cc(CN3C(=O)C[C@@H]4CC[C@@]3(C)C4(C)C)nn2)cc1. The van der Waals surface area contributed by atoms with Gasteiger partial charge < -0.3 is 9.64 Å². The highest BCUT2D eigenvalue weighted by atomic mass is 16.5. The topological polar surface area (TPSA) is 60.2 Å². The van der Waals surface area contributed by atoms with Crippen LogP contribution in [0, 0.1) is 11.3 Å². The summed E-state index contributed by atoms with van der Waals surface area (Å²) < 4.78 is 6.94. The van der Waals surface area contributed by atoms with Gasteiger partial charge in [0.05, 0.1) is 25.5 Å². The van der Waals surface area contributed by atoms with Crippen LogP contribution in [-0.2, 0) is 11.3 Å². The van der Waals surface area contributed by atoms with Crippen molar-refractivity contribution < 1.29 is 9.53 Å². The first kappa shape index (κ1) is 17.1. The summed E-state index contributed by atoms with van der Waals surface area (Å²) >= 11 is 0. The number of hydrogen-bond acceptors (Lipinski definition) is 4. The van der Waals surface area contributed by atoms with E-state index in [1.807, 2.05) is 35.4 Å². The maximum Gasteiger partial charge on any atom is 0.223 e. The summed E-state index contributed by atoms with van der Waals surface area (Å²) in [5.74, 6) is 1.54. The van der Waals surface area contributed by atoms with Gasteiger partial charge in [0.25, 0.3) is 0 Å². The van der Waals surface area contributed by atoms with Crippen LogP contribution >= 0.6 is 0 Å². The number of benzene rings is 1. The van der Waals surface area contributed by atoms with E-state index in [-0.39, 0.29) is 16.9 Å². The van der Waals surface area contributed by atoms with E-state index in [0.717, 1.165) is 30.0 Å². The average molecular weight is 354 g/mol. The van der Waals surface area contributed by atoms with E-state index in [0.29, 0.717) is 18.9 Å². The van der Waals surface area contributed by atoms with E-state index in [2.05, 4.69) is 31.1 Å². The molecule has 2 atom stereocenters. The Hall–Kier alpha value is -2.37. The van der Waals surface area contributed by atoms with E-state index in [9.17, 15) is 4.79 Å². The summed E-state index contributed by atoms with van der Waals surface area (Å²) in [4.78, 5) is 14.8. The third-order valence-corrected chi connectivity index (χ3v) is 6.90. The van der Waals surface area contributed by atoms with Gasteiger partial charge in [-0.3, -0.25) is 4.79 Å². The summed E-state index contributed by atoms with van der Waals surface area (Å²) in [5.41, 5.74) is 1.75. The van der Waals surface area contributed by atoms with E-state index >= 15 is 0 Å². The lowest BCUT2D eigenvalue weighted by Gasteiger charge is -2.52. The van der Waals surface area contributed by atoms with Gasteiger partial charge in [0, 0.05) is 12.0 Å². The third-order valence-electron chi connectivity index (χ3n) is 6.90. The molecular weight excluding hydrogens is 328 g/mol. The molecule has 1 aromatic carbocycles. The summed E-state index contributed by atoms with van der Waals surface area (Å²) in [6, 6.07) is 7.67. The highest BCUT2D eigenvalue weighted by molar-refractivity contribution is 5.79. The van der Waals surface area contributed by atoms with Crippen molar-refractivity contribution in [2.75, 3.05) is 7.11 Å². The highest BCUT2D eigenvalue weighted by Crippen LogP contribution is 2.57. The molecule has 0 N–H and O–H groups in total. The summed E-state index contributed by atoms with van der Waals surface area (Å²) in [6.07, 6.45) is 4.75. The monoisotopic (exact) mass is 354 g/mol. The molecule has 2 bridgehead atoms. The first-order valence-electron chi connectivity index (χ1n) is 9.21. The Bertz CT molecular complexity index is 827. The fraction of sp³-hybridized carbons (Fsp3) is 0.550. The summed E-state index contributed by atoms with van der Waals surface area (Å²) in [5, 5.41) is 8.55. The zero-order valence-corrected chi connectivity index (χ0v) is 15.9. The second-order valence-corrected chi connectivity index (χ2v) is 8.27. The zero-order valence-electron chi connectivity index (χ0n) is 15.9. The van der Waals surface area contributed by atoms with Crippen molar-refractivity contribution in [1.29, 1.82) is 0 Å². The van der Waals surface area contributed by atoms with Crippen LogP contribution in [0.2, 0.25) is 0 Å². The summed E-state index contributed by atoms with van der Waals surface area (Å²) in [6.45, 7) is 7.36. The molecule has 2 aliphatic rings. The molecule has 1 saturated heterocycles. The molecule has 1 aromatic heterocycles. The lowest BCUT2D eigenvalue weighted by atomic mass is 9.66. The van der Waals surface area contributed by atoms with Crippen LogP contribution in [0.3, 0.4) is 0 Å². The maximum absolute atomic E-state index is 12.8. The number of carbonyl (C=O) groups is 1. The molecular formula is C20H26N4O2. The molecule has 4 rings (SSSR count). The van der Waals surface area contributed by atoms with Crippen LogP contribution in [0.15, 0.2) is 30.5 Å². The van der Waals surface area contributed by atoms with Crippen LogP contribution < -0.4 is 4.74 Å². The highest BCUT2D eigenvalue weighted by Gasteiger charge is 2.59. The third kappa shape index (κ3) is 2.42. The van der Waals surface area contributed by atoms with E-state index in [4.69, 9.17) is 4.74 Å². The number of amides is 1. The molecule has 0 unspecified atom stereocenters. The minimum absolute atomic E-state index is 0.114. The van der Waals surface area contributed by atoms with Crippen LogP contribution in [-0.4, -0.2) is 38.4 Å². The Kier molecular flexibility index (Phi) is 3.82. The molecule has 2 heterocycles. The van der Waals surface area contributed by atoms with Gasteiger partial charge in [-0.1, -0.05) is 19.1 Å². The number of ether oxygens (including phenoxy) is 1. The Balaban J connectivity index is 1.57. The van der Waals surface area contributed by atoms with Crippen molar-refractivity contribution in [1.82, 2.24) is 19.9 Å². The Morgan fingerprint density at radius 2 is 1.96 bits per heavy atom. The molecule has 1 amide bonds. The van der Waals surface area contributed by atoms with Crippen molar-refractivity contribution >= 4 is 5.91 Å². The van der Waals surface area contributed by atoms with Crippen molar-refractivity contribution in [2.24, 2.45) is 11.3 Å². The Morgan fingerprint density at radius 1 is 1.23 bits per heavy atom. The van der Waals surface area contributed by atoms with Crippen molar-refractivity contribution in [3.8, 4) is 11.4 Å². The predicted molar refractivity (Wildman–Crippen MR) is 98.0 cm³/mol. The molecule has 6 nitrogen and oxygen atoms in total. The zero-order chi connectivity index (χ0) is 18.5. The number of likely N-dealkylation sites (tertiary alicyclic amines) is 1. The van der Waals surface area contributed by atoms with Crippen LogP contribution in [0.4, 0.5) is 0 Å². The molecule has 0 radical (unpaired) electrons. The lowest BCUT2D eigenvalue weighted by molar-refractivity contribution is -0.152. The second kappa shape index (κ2) is 5.83. The van der Waals surface area contributed by atoms with Crippen molar-refractivity contribution in [3.05, 3.63) is 36.2 Å². The number of methoxy groups -OCH3 is 1. The summed E-state index contributed by atoms with van der Waals surface area (Å²) in [7, 11) is 1.65. The minimum atomic E-state index is -0.114. The standard InChI is InChI=1S/C20H26N4O2/c1-19(2)14-9-10-20(19,3)23(18(25)11-14)12-15-13-24(22-21-15)16-5-7-17(26-4)8-6-16/h5-8,13-14H,9-12H2,1-4H3/t14-,20-/m0/s1. The first-order valence-corrected chi connectivity index (χ1v) is 9.21. The fourth-order valence-corrected chi connectivity index (χ4v) is 4.67. The van der Waals surface area contributed by atoms with Gasteiger partial charge in [-0.2, -0.15) is 0 Å². The molecule has 138 valence electrons. The molecule has 1 aliphatic heterocycles. The van der Waals surface area contributed by atoms with E-state index < -0.39 is 0 Å². The van der Waals surface area contributed by atoms with Crippen molar-refractivity contribution in [3.63, 3.8) is 0 Å². The van der Waals surface area contributed by atoms with E-state index in [1.54, 1.807) is 11.8 Å². The first-order chi connectivity index (χ1) is 12.3. The van der Waals surface area contributed by atoms with Gasteiger partial charge in [-0.25, -0.2) is 4.68 Å². The molecule has 1 aliphatic carbocycles. The van der Waals surface area contributed by atoms with Gasteiger partial charge in [-0.05, 0) is 55.4 Å². The van der Waals surface area contributed by atoms with Gasteiger partial charge in [0.1, 0.15) is 11.4 Å². The number of fused-ring (bicyclic) bond motifs is 2. The normalized spacial score (nSPS) is 27.0. The number of nitrogens with zero attached hydrogens (tertiary/aromatic N) is 4. The quantitative estimate of drug-likeness (QED) is 0.846. The van der Waals surface area contributed by atoms with Crippen LogP contribution in [0.5, 0.6) is 5.75 Å². The minimum Gasteiger partial charge on any atom is -0.497 e. The largest absolute Gasteiger partial charge is 0.497 e. The predicted octanol–water partition coefficient (Wildman–Crippen LogP) is 3.20. The molecule has 0 spiro atoms. The van der Waals surface area contributed by atoms with Crippen molar-refractivity contribution in [2.45, 2.75) is 52.1 Å². The smallest absolute Gasteiger partial charge is 0.223 e. The fourth-order valence-electron chi connectivity index (χ4n) is 4.67. The maximum atomic E-state index is 12.8.